The number of aryl methyl sites for hydroxylation is 1. The molecule has 11 heteroatoms. The van der Waals surface area contributed by atoms with E-state index in [0.29, 0.717) is 37.3 Å². The molecule has 3 heterocycles. The van der Waals surface area contributed by atoms with E-state index >= 15 is 8.78 Å². The molecule has 0 saturated carbocycles. The molecule has 1 saturated heterocycles. The number of benzene rings is 1. The molecule has 0 aliphatic carbocycles. The molecule has 0 spiro atoms. The van der Waals surface area contributed by atoms with Crippen LogP contribution in [-0.2, 0) is 28.0 Å². The smallest absolute Gasteiger partial charge is 0.313 e. The molecule has 3 aromatic rings. The van der Waals surface area contributed by atoms with E-state index < -0.39 is 34.4 Å². The van der Waals surface area contributed by atoms with Crippen molar-refractivity contribution in [2.45, 2.75) is 105 Å². The van der Waals surface area contributed by atoms with E-state index in [2.05, 4.69) is 20.3 Å². The minimum atomic E-state index is -1.14. The molecule has 1 fully saturated rings. The number of piperidine rings is 1. The number of anilines is 2. The Bertz CT molecular complexity index is 1550. The SMILES string of the molecule is Cc1c(F)c(C[C@@]2(C(=O)OC(C)(C)C)CCN(Cc3cccc(Cl)c3F)[C@H](C)C2)nc(Nc2cc(C)n(C(C)(C)C)n2)c1F. The Balaban J connectivity index is 1.68. The maximum absolute atomic E-state index is 15.7. The molecule has 1 aliphatic rings. The summed E-state index contributed by atoms with van der Waals surface area (Å²) in [5, 5.41) is 7.53. The fourth-order valence-corrected chi connectivity index (χ4v) is 6.08. The summed E-state index contributed by atoms with van der Waals surface area (Å²) in [6.45, 7) is 17.3. The summed E-state index contributed by atoms with van der Waals surface area (Å²) < 4.78 is 53.5. The zero-order chi connectivity index (χ0) is 32.8. The average Bonchev–Trinajstić information content (AvgIpc) is 3.29. The van der Waals surface area contributed by atoms with Crippen LogP contribution in [0.1, 0.15) is 83.8 Å². The summed E-state index contributed by atoms with van der Waals surface area (Å²) in [7, 11) is 0. The first-order chi connectivity index (χ1) is 20.3. The summed E-state index contributed by atoms with van der Waals surface area (Å²) in [5.41, 5.74) is -1.15. The van der Waals surface area contributed by atoms with Crippen molar-refractivity contribution in [1.82, 2.24) is 19.7 Å². The molecule has 1 N–H and O–H groups in total. The van der Waals surface area contributed by atoms with Gasteiger partial charge in [0.15, 0.2) is 23.3 Å². The topological polar surface area (TPSA) is 72.3 Å². The molecule has 0 radical (unpaired) electrons. The number of nitrogens with zero attached hydrogens (tertiary/aromatic N) is 4. The van der Waals surface area contributed by atoms with Crippen LogP contribution in [0.5, 0.6) is 0 Å². The third-order valence-electron chi connectivity index (χ3n) is 8.07. The summed E-state index contributed by atoms with van der Waals surface area (Å²) >= 11 is 6.00. The molecular weight excluding hydrogens is 591 g/mol. The maximum atomic E-state index is 15.7. The Morgan fingerprint density at radius 2 is 1.80 bits per heavy atom. The van der Waals surface area contributed by atoms with Crippen LogP contribution < -0.4 is 5.32 Å². The van der Waals surface area contributed by atoms with Gasteiger partial charge in [-0.1, -0.05) is 23.7 Å². The van der Waals surface area contributed by atoms with E-state index in [9.17, 15) is 9.18 Å². The minimum Gasteiger partial charge on any atom is -0.460 e. The predicted molar refractivity (Wildman–Crippen MR) is 167 cm³/mol. The molecule has 0 amide bonds. The number of hydrogen-bond donors (Lipinski definition) is 1. The predicted octanol–water partition coefficient (Wildman–Crippen LogP) is 8.02. The largest absolute Gasteiger partial charge is 0.460 e. The molecule has 7 nitrogen and oxygen atoms in total. The average molecular weight is 634 g/mol. The third kappa shape index (κ3) is 7.23. The van der Waals surface area contributed by atoms with Gasteiger partial charge in [0.05, 0.1) is 21.7 Å². The van der Waals surface area contributed by atoms with Crippen molar-refractivity contribution < 1.29 is 22.7 Å². The number of ether oxygens (including phenoxy) is 1. The molecule has 1 aromatic carbocycles. The van der Waals surface area contributed by atoms with Gasteiger partial charge in [0.25, 0.3) is 0 Å². The highest BCUT2D eigenvalue weighted by Gasteiger charge is 2.47. The van der Waals surface area contributed by atoms with Crippen LogP contribution in [-0.4, -0.2) is 43.8 Å². The van der Waals surface area contributed by atoms with Crippen LogP contribution in [0.15, 0.2) is 24.3 Å². The molecule has 2 aromatic heterocycles. The van der Waals surface area contributed by atoms with Crippen molar-refractivity contribution in [3.05, 3.63) is 69.3 Å². The quantitative estimate of drug-likeness (QED) is 0.266. The summed E-state index contributed by atoms with van der Waals surface area (Å²) in [4.78, 5) is 20.3. The standard InChI is InChI=1S/C33H43ClF3N5O2/c1-19-15-25(40-42(19)31(4,5)6)39-29-27(36)21(3)26(35)24(38-29)17-33(30(43)44-32(7,8)9)13-14-41(20(2)16-33)18-22-11-10-12-23(34)28(22)37/h10-12,15,20H,13-14,16-18H2,1-9H3,(H,38,39,40)/t20-,33-/m1/s1. The lowest BCUT2D eigenvalue weighted by Crippen LogP contribution is -2.51. The van der Waals surface area contributed by atoms with E-state index in [1.165, 1.54) is 13.0 Å². The number of halogens is 4. The normalized spacial score (nSPS) is 19.7. The second-order valence-corrected chi connectivity index (χ2v) is 14.4. The lowest BCUT2D eigenvalue weighted by atomic mass is 9.71. The molecule has 0 bridgehead atoms. The fourth-order valence-electron chi connectivity index (χ4n) is 5.88. The van der Waals surface area contributed by atoms with E-state index in [1.807, 2.05) is 39.3 Å². The van der Waals surface area contributed by atoms with E-state index in [-0.39, 0.29) is 40.1 Å². The Hall–Kier alpha value is -3.11. The lowest BCUT2D eigenvalue weighted by molar-refractivity contribution is -0.172. The van der Waals surface area contributed by atoms with Crippen LogP contribution in [0.2, 0.25) is 5.02 Å². The first-order valence-electron chi connectivity index (χ1n) is 14.9. The van der Waals surface area contributed by atoms with Crippen molar-refractivity contribution in [1.29, 1.82) is 0 Å². The highest BCUT2D eigenvalue weighted by Crippen LogP contribution is 2.42. The van der Waals surface area contributed by atoms with Crippen molar-refractivity contribution in [2.24, 2.45) is 5.41 Å². The number of rotatable bonds is 7. The number of esters is 1. The van der Waals surface area contributed by atoms with Gasteiger partial charge in [-0.15, -0.1) is 0 Å². The number of pyridine rings is 1. The second kappa shape index (κ2) is 12.4. The number of nitrogens with one attached hydrogen (secondary N) is 1. The third-order valence-corrected chi connectivity index (χ3v) is 8.36. The maximum Gasteiger partial charge on any atom is 0.313 e. The van der Waals surface area contributed by atoms with Crippen LogP contribution in [0.4, 0.5) is 24.8 Å². The highest BCUT2D eigenvalue weighted by atomic mass is 35.5. The van der Waals surface area contributed by atoms with E-state index in [0.717, 1.165) is 5.69 Å². The summed E-state index contributed by atoms with van der Waals surface area (Å²) in [6, 6.07) is 6.46. The number of likely N-dealkylation sites (tertiary alicyclic amines) is 1. The fraction of sp³-hybridized carbons (Fsp3) is 0.545. The Morgan fingerprint density at radius 1 is 1.11 bits per heavy atom. The lowest BCUT2D eigenvalue weighted by Gasteiger charge is -2.45. The molecule has 0 unspecified atom stereocenters. The summed E-state index contributed by atoms with van der Waals surface area (Å²) in [5.74, 6) is -2.36. The van der Waals surface area contributed by atoms with Gasteiger partial charge in [0.2, 0.25) is 0 Å². The molecule has 4 rings (SSSR count). The molecule has 2 atom stereocenters. The highest BCUT2D eigenvalue weighted by molar-refractivity contribution is 6.30. The zero-order valence-corrected chi connectivity index (χ0v) is 27.8. The van der Waals surface area contributed by atoms with Gasteiger partial charge in [0, 0.05) is 41.9 Å². The monoisotopic (exact) mass is 633 g/mol. The molecule has 240 valence electrons. The second-order valence-electron chi connectivity index (χ2n) is 14.0. The first kappa shape index (κ1) is 33.8. The van der Waals surface area contributed by atoms with E-state index in [4.69, 9.17) is 16.3 Å². The van der Waals surface area contributed by atoms with Crippen LogP contribution >= 0.6 is 11.6 Å². The Morgan fingerprint density at radius 3 is 2.39 bits per heavy atom. The molecular formula is C33H43ClF3N5O2. The number of carbonyl (C=O) groups is 1. The van der Waals surface area contributed by atoms with Crippen molar-refractivity contribution >= 4 is 29.2 Å². The van der Waals surface area contributed by atoms with Gasteiger partial charge in [-0.25, -0.2) is 18.2 Å². The van der Waals surface area contributed by atoms with Crippen LogP contribution in [0.25, 0.3) is 0 Å². The molecule has 1 aliphatic heterocycles. The first-order valence-corrected chi connectivity index (χ1v) is 15.3. The zero-order valence-electron chi connectivity index (χ0n) is 27.0. The van der Waals surface area contributed by atoms with Crippen molar-refractivity contribution in [3.63, 3.8) is 0 Å². The number of hydrogen-bond acceptors (Lipinski definition) is 6. The van der Waals surface area contributed by atoms with Gasteiger partial charge >= 0.3 is 5.97 Å². The Labute approximate surface area is 263 Å². The number of aromatic nitrogens is 3. The minimum absolute atomic E-state index is 0.0363. The van der Waals surface area contributed by atoms with Crippen LogP contribution in [0, 0.1) is 36.7 Å². The van der Waals surface area contributed by atoms with Gasteiger partial charge in [-0.2, -0.15) is 5.10 Å². The Kier molecular flexibility index (Phi) is 9.48. The van der Waals surface area contributed by atoms with Gasteiger partial charge in [0.1, 0.15) is 11.4 Å². The van der Waals surface area contributed by atoms with Crippen LogP contribution in [0.3, 0.4) is 0 Å². The van der Waals surface area contributed by atoms with E-state index in [1.54, 1.807) is 39.0 Å². The van der Waals surface area contributed by atoms with Crippen molar-refractivity contribution in [3.8, 4) is 0 Å². The number of carbonyl (C=O) groups excluding carboxylic acids is 1. The van der Waals surface area contributed by atoms with Gasteiger partial charge < -0.3 is 10.1 Å². The van der Waals surface area contributed by atoms with Gasteiger partial charge in [-0.05, 0) is 87.8 Å². The summed E-state index contributed by atoms with van der Waals surface area (Å²) in [6.07, 6.45) is 0.520. The van der Waals surface area contributed by atoms with Gasteiger partial charge in [-0.3, -0.25) is 14.4 Å². The molecule has 44 heavy (non-hydrogen) atoms. The van der Waals surface area contributed by atoms with Crippen molar-refractivity contribution in [2.75, 3.05) is 11.9 Å².